The van der Waals surface area contributed by atoms with Crippen molar-refractivity contribution in [1.29, 1.82) is 0 Å². The summed E-state index contributed by atoms with van der Waals surface area (Å²) in [4.78, 5) is 2.43. The van der Waals surface area contributed by atoms with E-state index in [-0.39, 0.29) is 6.04 Å². The van der Waals surface area contributed by atoms with Gasteiger partial charge in [0, 0.05) is 25.7 Å². The van der Waals surface area contributed by atoms with Gasteiger partial charge in [0.05, 0.1) is 0 Å². The van der Waals surface area contributed by atoms with Gasteiger partial charge in [0.25, 0.3) is 0 Å². The Labute approximate surface area is 112 Å². The van der Waals surface area contributed by atoms with E-state index in [0.717, 1.165) is 38.2 Å². The van der Waals surface area contributed by atoms with Crippen molar-refractivity contribution in [2.24, 2.45) is 5.92 Å². The summed E-state index contributed by atoms with van der Waals surface area (Å²) in [5.41, 5.74) is 0.934. The van der Waals surface area contributed by atoms with E-state index >= 15 is 0 Å². The second-order valence-corrected chi connectivity index (χ2v) is 5.60. The minimum atomic E-state index is -0.754. The van der Waals surface area contributed by atoms with Gasteiger partial charge >= 0.3 is 0 Å². The highest BCUT2D eigenvalue weighted by atomic mass is 19.2. The third kappa shape index (κ3) is 2.95. The van der Waals surface area contributed by atoms with E-state index in [2.05, 4.69) is 10.2 Å². The molecule has 1 aliphatic carbocycles. The Bertz CT molecular complexity index is 438. The van der Waals surface area contributed by atoms with Crippen LogP contribution in [0.15, 0.2) is 18.2 Å². The van der Waals surface area contributed by atoms with E-state index in [1.165, 1.54) is 25.0 Å². The zero-order valence-electron chi connectivity index (χ0n) is 11.0. The molecule has 0 radical (unpaired) electrons. The zero-order chi connectivity index (χ0) is 13.2. The molecule has 0 amide bonds. The van der Waals surface area contributed by atoms with Crippen molar-refractivity contribution < 1.29 is 8.78 Å². The van der Waals surface area contributed by atoms with Crippen LogP contribution in [-0.2, 0) is 0 Å². The van der Waals surface area contributed by atoms with Crippen molar-refractivity contribution >= 4 is 0 Å². The normalized spacial score (nSPS) is 23.1. The van der Waals surface area contributed by atoms with Crippen LogP contribution in [0.5, 0.6) is 0 Å². The van der Waals surface area contributed by atoms with Crippen LogP contribution < -0.4 is 5.32 Å². The molecule has 0 aromatic heterocycles. The minimum Gasteiger partial charge on any atom is -0.315 e. The van der Waals surface area contributed by atoms with E-state index in [4.69, 9.17) is 0 Å². The van der Waals surface area contributed by atoms with E-state index in [1.807, 2.05) is 0 Å². The number of halogens is 2. The quantitative estimate of drug-likeness (QED) is 0.905. The van der Waals surface area contributed by atoms with Crippen LogP contribution in [0.1, 0.15) is 30.9 Å². The minimum absolute atomic E-state index is 0.259. The largest absolute Gasteiger partial charge is 0.315 e. The first-order valence-electron chi connectivity index (χ1n) is 7.15. The maximum Gasteiger partial charge on any atom is 0.159 e. The second-order valence-electron chi connectivity index (χ2n) is 5.60. The number of nitrogens with one attached hydrogen (secondary N) is 1. The fourth-order valence-electron chi connectivity index (χ4n) is 3.03. The molecule has 2 aliphatic rings. The van der Waals surface area contributed by atoms with Crippen molar-refractivity contribution in [3.8, 4) is 0 Å². The maximum atomic E-state index is 13.5. The van der Waals surface area contributed by atoms with E-state index in [1.54, 1.807) is 6.07 Å². The standard InChI is InChI=1S/C15H20F2N2/c16-13-5-4-12(10-14(13)17)15(11-2-3-11)19-8-1-6-18-7-9-19/h4-5,10-11,15,18H,1-3,6-9H2. The molecular weight excluding hydrogens is 246 g/mol. The topological polar surface area (TPSA) is 15.3 Å². The predicted octanol–water partition coefficient (Wildman–Crippen LogP) is 2.71. The van der Waals surface area contributed by atoms with E-state index < -0.39 is 11.6 Å². The van der Waals surface area contributed by atoms with Crippen molar-refractivity contribution in [2.75, 3.05) is 26.2 Å². The zero-order valence-corrected chi connectivity index (χ0v) is 11.0. The number of hydrogen-bond donors (Lipinski definition) is 1. The molecular formula is C15H20F2N2. The maximum absolute atomic E-state index is 13.5. The number of benzene rings is 1. The van der Waals surface area contributed by atoms with Gasteiger partial charge in [-0.15, -0.1) is 0 Å². The van der Waals surface area contributed by atoms with Gasteiger partial charge in [0.15, 0.2) is 11.6 Å². The molecule has 0 bridgehead atoms. The van der Waals surface area contributed by atoms with Crippen molar-refractivity contribution in [2.45, 2.75) is 25.3 Å². The van der Waals surface area contributed by atoms with Crippen LogP contribution in [0, 0.1) is 17.6 Å². The molecule has 1 aromatic carbocycles. The summed E-state index contributed by atoms with van der Waals surface area (Å²) in [6, 6.07) is 4.65. The van der Waals surface area contributed by atoms with Gasteiger partial charge in [-0.1, -0.05) is 6.07 Å². The Morgan fingerprint density at radius 1 is 1.11 bits per heavy atom. The molecule has 2 fully saturated rings. The Morgan fingerprint density at radius 3 is 2.68 bits per heavy atom. The molecule has 1 N–H and O–H groups in total. The van der Waals surface area contributed by atoms with Crippen LogP contribution in [0.25, 0.3) is 0 Å². The van der Waals surface area contributed by atoms with Gasteiger partial charge in [-0.25, -0.2) is 8.78 Å². The molecule has 1 saturated carbocycles. The monoisotopic (exact) mass is 266 g/mol. The molecule has 1 aromatic rings. The lowest BCUT2D eigenvalue weighted by Gasteiger charge is -2.31. The lowest BCUT2D eigenvalue weighted by molar-refractivity contribution is 0.188. The molecule has 4 heteroatoms. The van der Waals surface area contributed by atoms with Gasteiger partial charge < -0.3 is 5.32 Å². The van der Waals surface area contributed by atoms with Gasteiger partial charge in [-0.05, 0) is 49.4 Å². The predicted molar refractivity (Wildman–Crippen MR) is 70.9 cm³/mol. The summed E-state index contributed by atoms with van der Waals surface area (Å²) in [6.45, 7) is 4.05. The first-order chi connectivity index (χ1) is 9.25. The fraction of sp³-hybridized carbons (Fsp3) is 0.600. The molecule has 104 valence electrons. The summed E-state index contributed by atoms with van der Waals surface area (Å²) in [5, 5.41) is 3.39. The van der Waals surface area contributed by atoms with Crippen molar-refractivity contribution in [3.05, 3.63) is 35.4 Å². The molecule has 1 unspecified atom stereocenters. The summed E-state index contributed by atoms with van der Waals surface area (Å²) >= 11 is 0. The summed E-state index contributed by atoms with van der Waals surface area (Å²) in [7, 11) is 0. The summed E-state index contributed by atoms with van der Waals surface area (Å²) in [5.74, 6) is -0.866. The van der Waals surface area contributed by atoms with Gasteiger partial charge in [0.2, 0.25) is 0 Å². The molecule has 1 saturated heterocycles. The summed E-state index contributed by atoms with van der Waals surface area (Å²) in [6.07, 6.45) is 3.52. The number of nitrogens with zero attached hydrogens (tertiary/aromatic N) is 1. The van der Waals surface area contributed by atoms with Gasteiger partial charge in [-0.3, -0.25) is 4.90 Å². The first kappa shape index (κ1) is 13.0. The van der Waals surface area contributed by atoms with Crippen molar-refractivity contribution in [1.82, 2.24) is 10.2 Å². The molecule has 1 heterocycles. The molecule has 1 atom stereocenters. The third-order valence-electron chi connectivity index (χ3n) is 4.12. The number of rotatable bonds is 3. The van der Waals surface area contributed by atoms with E-state index in [9.17, 15) is 8.78 Å². The van der Waals surface area contributed by atoms with Crippen LogP contribution in [-0.4, -0.2) is 31.1 Å². The molecule has 0 spiro atoms. The highest BCUT2D eigenvalue weighted by Gasteiger charge is 2.36. The molecule has 2 nitrogen and oxygen atoms in total. The fourth-order valence-corrected chi connectivity index (χ4v) is 3.03. The van der Waals surface area contributed by atoms with Crippen LogP contribution in [0.4, 0.5) is 8.78 Å². The average molecular weight is 266 g/mol. The average Bonchev–Trinajstić information content (AvgIpc) is 3.22. The van der Waals surface area contributed by atoms with E-state index in [0.29, 0.717) is 5.92 Å². The van der Waals surface area contributed by atoms with Gasteiger partial charge in [-0.2, -0.15) is 0 Å². The highest BCUT2D eigenvalue weighted by molar-refractivity contribution is 5.23. The Kier molecular flexibility index (Phi) is 3.80. The van der Waals surface area contributed by atoms with Crippen LogP contribution in [0.2, 0.25) is 0 Å². The molecule has 3 rings (SSSR count). The molecule has 19 heavy (non-hydrogen) atoms. The Hall–Kier alpha value is -1.00. The third-order valence-corrected chi connectivity index (χ3v) is 4.12. The SMILES string of the molecule is Fc1ccc(C(C2CC2)N2CCCNCC2)cc1F. The molecule has 1 aliphatic heterocycles. The smallest absolute Gasteiger partial charge is 0.159 e. The number of hydrogen-bond acceptors (Lipinski definition) is 2. The van der Waals surface area contributed by atoms with Gasteiger partial charge in [0.1, 0.15) is 0 Å². The van der Waals surface area contributed by atoms with Crippen molar-refractivity contribution in [3.63, 3.8) is 0 Å². The highest BCUT2D eigenvalue weighted by Crippen LogP contribution is 2.44. The summed E-state index contributed by atoms with van der Waals surface area (Å²) < 4.78 is 26.6. The van der Waals surface area contributed by atoms with Crippen LogP contribution >= 0.6 is 0 Å². The lowest BCUT2D eigenvalue weighted by Crippen LogP contribution is -2.33. The Morgan fingerprint density at radius 2 is 1.95 bits per heavy atom. The van der Waals surface area contributed by atoms with Crippen LogP contribution in [0.3, 0.4) is 0 Å². The first-order valence-corrected chi connectivity index (χ1v) is 7.15. The lowest BCUT2D eigenvalue weighted by atomic mass is 10.00. The second kappa shape index (κ2) is 5.55. The Balaban J connectivity index is 1.84.